The number of amides is 1. The van der Waals surface area contributed by atoms with Crippen molar-refractivity contribution in [3.05, 3.63) is 45.2 Å². The van der Waals surface area contributed by atoms with Gasteiger partial charge in [0.25, 0.3) is 0 Å². The molecule has 21 heavy (non-hydrogen) atoms. The highest BCUT2D eigenvalue weighted by atomic mass is 127. The van der Waals surface area contributed by atoms with Gasteiger partial charge in [-0.15, -0.1) is 0 Å². The number of benzene rings is 1. The van der Waals surface area contributed by atoms with Crippen LogP contribution in [0.2, 0.25) is 0 Å². The molecular weight excluding hydrogens is 379 g/mol. The number of oxazole rings is 1. The van der Waals surface area contributed by atoms with Crippen LogP contribution in [0.1, 0.15) is 38.1 Å². The van der Waals surface area contributed by atoms with Crippen LogP contribution in [0.15, 0.2) is 28.7 Å². The number of hydrogen-bond acceptors (Lipinski definition) is 3. The van der Waals surface area contributed by atoms with Gasteiger partial charge in [-0.05, 0) is 53.8 Å². The van der Waals surface area contributed by atoms with E-state index in [1.54, 1.807) is 0 Å². The first-order chi connectivity index (χ1) is 9.75. The fraction of sp³-hybridized carbons (Fsp3) is 0.375. The average Bonchev–Trinajstić information content (AvgIpc) is 2.74. The van der Waals surface area contributed by atoms with Gasteiger partial charge in [0.2, 0.25) is 5.91 Å². The second-order valence-corrected chi connectivity index (χ2v) is 7.26. The first kappa shape index (κ1) is 16.0. The number of anilines is 1. The molecule has 1 N–H and O–H groups in total. The minimum Gasteiger partial charge on any atom is -0.444 e. The number of rotatable bonds is 3. The Kier molecular flexibility index (Phi) is 4.70. The van der Waals surface area contributed by atoms with Crippen LogP contribution in [-0.4, -0.2) is 10.9 Å². The predicted octanol–water partition coefficient (Wildman–Crippen LogP) is 4.07. The quantitative estimate of drug-likeness (QED) is 0.794. The van der Waals surface area contributed by atoms with Crippen LogP contribution in [-0.2, 0) is 16.6 Å². The number of halogens is 1. The lowest BCUT2D eigenvalue weighted by Gasteiger charge is -2.12. The Bertz CT molecular complexity index is 639. The van der Waals surface area contributed by atoms with Crippen molar-refractivity contribution in [3.63, 3.8) is 0 Å². The molecule has 1 aromatic carbocycles. The molecule has 0 fully saturated rings. The van der Waals surface area contributed by atoms with Crippen molar-refractivity contribution in [1.29, 1.82) is 0 Å². The third-order valence-electron chi connectivity index (χ3n) is 2.98. The molecule has 0 aliphatic heterocycles. The third-order valence-corrected chi connectivity index (χ3v) is 3.70. The smallest absolute Gasteiger partial charge is 0.232 e. The second-order valence-electron chi connectivity index (χ2n) is 6.01. The van der Waals surface area contributed by atoms with Gasteiger partial charge in [0, 0.05) is 14.7 Å². The largest absolute Gasteiger partial charge is 0.444 e. The van der Waals surface area contributed by atoms with Crippen LogP contribution in [0.25, 0.3) is 0 Å². The minimum absolute atomic E-state index is 0.101. The molecule has 0 saturated carbocycles. The van der Waals surface area contributed by atoms with Gasteiger partial charge in [0.05, 0.1) is 12.1 Å². The molecule has 0 spiro atoms. The summed E-state index contributed by atoms with van der Waals surface area (Å²) < 4.78 is 6.86. The van der Waals surface area contributed by atoms with Crippen molar-refractivity contribution in [2.24, 2.45) is 0 Å². The minimum atomic E-state index is -0.157. The molecule has 5 heteroatoms. The molecule has 0 radical (unpaired) electrons. The molecule has 0 bridgehead atoms. The maximum absolute atomic E-state index is 12.1. The molecule has 2 rings (SSSR count). The summed E-state index contributed by atoms with van der Waals surface area (Å²) >= 11 is 2.23. The lowest BCUT2D eigenvalue weighted by Crippen LogP contribution is -2.14. The van der Waals surface area contributed by atoms with Gasteiger partial charge in [-0.3, -0.25) is 4.79 Å². The number of carbonyl (C=O) groups excluding carboxylic acids is 1. The number of carbonyl (C=O) groups is 1. The Morgan fingerprint density at radius 2 is 1.90 bits per heavy atom. The van der Waals surface area contributed by atoms with Crippen LogP contribution < -0.4 is 5.32 Å². The maximum Gasteiger partial charge on any atom is 0.232 e. The summed E-state index contributed by atoms with van der Waals surface area (Å²) in [5.41, 5.74) is 1.40. The zero-order valence-electron chi connectivity index (χ0n) is 12.7. The summed E-state index contributed by atoms with van der Waals surface area (Å²) in [6.07, 6.45) is 0.195. The van der Waals surface area contributed by atoms with Gasteiger partial charge in [0.15, 0.2) is 5.89 Å². The van der Waals surface area contributed by atoms with Gasteiger partial charge in [-0.2, -0.15) is 0 Å². The molecule has 0 aliphatic rings. The van der Waals surface area contributed by atoms with Gasteiger partial charge in [-0.1, -0.05) is 20.8 Å². The highest BCUT2D eigenvalue weighted by Crippen LogP contribution is 2.24. The zero-order chi connectivity index (χ0) is 15.6. The predicted molar refractivity (Wildman–Crippen MR) is 91.4 cm³/mol. The Morgan fingerprint density at radius 1 is 1.29 bits per heavy atom. The van der Waals surface area contributed by atoms with E-state index in [0.29, 0.717) is 11.7 Å². The van der Waals surface area contributed by atoms with Crippen LogP contribution in [0.3, 0.4) is 0 Å². The standard InChI is InChI=1S/C16H19IN2O2/c1-10-13(21-15(18-10)16(2,3)4)9-14(20)19-12-7-5-11(17)6-8-12/h5-8H,9H2,1-4H3,(H,19,20). The molecule has 2 aromatic rings. The molecule has 112 valence electrons. The first-order valence-corrected chi connectivity index (χ1v) is 7.86. The van der Waals surface area contributed by atoms with E-state index in [1.165, 1.54) is 0 Å². The van der Waals surface area contributed by atoms with E-state index in [4.69, 9.17) is 4.42 Å². The summed E-state index contributed by atoms with van der Waals surface area (Å²) in [5.74, 6) is 1.19. The van der Waals surface area contributed by atoms with Gasteiger partial charge >= 0.3 is 0 Å². The van der Waals surface area contributed by atoms with Crippen LogP contribution in [0, 0.1) is 10.5 Å². The number of aromatic nitrogens is 1. The summed E-state index contributed by atoms with van der Waals surface area (Å²) in [5, 5.41) is 2.86. The molecule has 0 saturated heterocycles. The summed E-state index contributed by atoms with van der Waals surface area (Å²) in [6, 6.07) is 7.67. The van der Waals surface area contributed by atoms with E-state index in [-0.39, 0.29) is 17.7 Å². The van der Waals surface area contributed by atoms with E-state index >= 15 is 0 Å². The summed E-state index contributed by atoms with van der Waals surface area (Å²) in [7, 11) is 0. The average molecular weight is 398 g/mol. The van der Waals surface area contributed by atoms with Gasteiger partial charge in [-0.25, -0.2) is 4.98 Å². The van der Waals surface area contributed by atoms with E-state index in [9.17, 15) is 4.79 Å². The number of nitrogens with zero attached hydrogens (tertiary/aromatic N) is 1. The van der Waals surface area contributed by atoms with Gasteiger partial charge in [0.1, 0.15) is 5.76 Å². The van der Waals surface area contributed by atoms with Gasteiger partial charge < -0.3 is 9.73 Å². The second kappa shape index (κ2) is 6.17. The third kappa shape index (κ3) is 4.30. The summed E-state index contributed by atoms with van der Waals surface area (Å²) in [4.78, 5) is 16.5. The Hall–Kier alpha value is -1.37. The first-order valence-electron chi connectivity index (χ1n) is 6.78. The zero-order valence-corrected chi connectivity index (χ0v) is 14.8. The lowest BCUT2D eigenvalue weighted by atomic mass is 9.97. The maximum atomic E-state index is 12.1. The fourth-order valence-electron chi connectivity index (χ4n) is 1.80. The number of nitrogens with one attached hydrogen (secondary N) is 1. The highest BCUT2D eigenvalue weighted by molar-refractivity contribution is 14.1. The van der Waals surface area contributed by atoms with Crippen molar-refractivity contribution >= 4 is 34.2 Å². The number of aryl methyl sites for hydroxylation is 1. The number of hydrogen-bond donors (Lipinski definition) is 1. The molecule has 0 atom stereocenters. The van der Waals surface area contributed by atoms with Crippen molar-refractivity contribution in [1.82, 2.24) is 4.98 Å². The normalized spacial score (nSPS) is 11.5. The monoisotopic (exact) mass is 398 g/mol. The molecule has 1 amide bonds. The fourth-order valence-corrected chi connectivity index (χ4v) is 2.16. The van der Waals surface area contributed by atoms with Crippen molar-refractivity contribution in [2.75, 3.05) is 5.32 Å². The lowest BCUT2D eigenvalue weighted by molar-refractivity contribution is -0.115. The molecule has 0 unspecified atom stereocenters. The Morgan fingerprint density at radius 3 is 2.43 bits per heavy atom. The molecule has 1 heterocycles. The van der Waals surface area contributed by atoms with Crippen molar-refractivity contribution < 1.29 is 9.21 Å². The topological polar surface area (TPSA) is 55.1 Å². The van der Waals surface area contributed by atoms with E-state index in [1.807, 2.05) is 52.0 Å². The molecule has 0 aliphatic carbocycles. The summed E-state index contributed by atoms with van der Waals surface area (Å²) in [6.45, 7) is 7.97. The SMILES string of the molecule is Cc1nc(C(C)(C)C)oc1CC(=O)Nc1ccc(I)cc1. The van der Waals surface area contributed by atoms with E-state index in [0.717, 1.165) is 15.0 Å². The van der Waals surface area contributed by atoms with E-state index in [2.05, 4.69) is 32.9 Å². The van der Waals surface area contributed by atoms with Crippen LogP contribution in [0.4, 0.5) is 5.69 Å². The van der Waals surface area contributed by atoms with Crippen molar-refractivity contribution in [2.45, 2.75) is 39.5 Å². The Balaban J connectivity index is 2.06. The van der Waals surface area contributed by atoms with Crippen LogP contribution in [0.5, 0.6) is 0 Å². The van der Waals surface area contributed by atoms with Crippen LogP contribution >= 0.6 is 22.6 Å². The molecular formula is C16H19IN2O2. The van der Waals surface area contributed by atoms with E-state index < -0.39 is 0 Å². The van der Waals surface area contributed by atoms with Crippen molar-refractivity contribution in [3.8, 4) is 0 Å². The Labute approximate surface area is 138 Å². The highest BCUT2D eigenvalue weighted by Gasteiger charge is 2.23. The molecule has 1 aromatic heterocycles. The molecule has 4 nitrogen and oxygen atoms in total.